The van der Waals surface area contributed by atoms with E-state index in [9.17, 15) is 4.79 Å². The van der Waals surface area contributed by atoms with E-state index in [4.69, 9.17) is 5.73 Å². The average molecular weight is 253 g/mol. The number of hydrogen-bond acceptors (Lipinski definition) is 3. The summed E-state index contributed by atoms with van der Waals surface area (Å²) >= 11 is 1.91. The van der Waals surface area contributed by atoms with Gasteiger partial charge in [0.25, 0.3) is 0 Å². The van der Waals surface area contributed by atoms with E-state index in [1.807, 2.05) is 37.6 Å². The van der Waals surface area contributed by atoms with E-state index in [-0.39, 0.29) is 30.3 Å². The van der Waals surface area contributed by atoms with Gasteiger partial charge in [0.1, 0.15) is 0 Å². The van der Waals surface area contributed by atoms with E-state index in [1.54, 1.807) is 0 Å². The number of halogens is 1. The summed E-state index contributed by atoms with van der Waals surface area (Å²) in [6.45, 7) is 3.97. The van der Waals surface area contributed by atoms with Crippen LogP contribution in [0.15, 0.2) is 0 Å². The van der Waals surface area contributed by atoms with Gasteiger partial charge in [-0.1, -0.05) is 13.8 Å². The predicted molar refractivity (Wildman–Crippen MR) is 68.6 cm³/mol. The maximum Gasteiger partial charge on any atom is 0.239 e. The number of thioether (sulfide) groups is 1. The Bertz CT molecular complexity index is 208. The van der Waals surface area contributed by atoms with Crippen molar-refractivity contribution in [1.29, 1.82) is 0 Å². The molecule has 0 aliphatic carbocycles. The first-order valence-corrected chi connectivity index (χ1v) is 6.29. The summed E-state index contributed by atoms with van der Waals surface area (Å²) < 4.78 is 0. The van der Waals surface area contributed by atoms with Crippen LogP contribution >= 0.6 is 24.2 Å². The fraction of sp³-hybridized carbons (Fsp3) is 0.900. The zero-order valence-corrected chi connectivity index (χ0v) is 11.2. The molecule has 0 spiro atoms. The molecule has 2 unspecified atom stereocenters. The first kappa shape index (κ1) is 15.1. The fourth-order valence-electron chi connectivity index (χ4n) is 1.53. The van der Waals surface area contributed by atoms with Crippen LogP contribution in [0.25, 0.3) is 0 Å². The Morgan fingerprint density at radius 2 is 2.13 bits per heavy atom. The second kappa shape index (κ2) is 6.61. The van der Waals surface area contributed by atoms with Crippen LogP contribution in [-0.2, 0) is 4.79 Å². The molecule has 15 heavy (non-hydrogen) atoms. The van der Waals surface area contributed by atoms with Crippen LogP contribution in [-0.4, -0.2) is 41.4 Å². The van der Waals surface area contributed by atoms with Gasteiger partial charge in [-0.15, -0.1) is 12.4 Å². The molecule has 0 bridgehead atoms. The van der Waals surface area contributed by atoms with Gasteiger partial charge >= 0.3 is 0 Å². The third-order valence-electron chi connectivity index (χ3n) is 2.80. The highest BCUT2D eigenvalue weighted by molar-refractivity contribution is 7.99. The molecule has 1 heterocycles. The predicted octanol–water partition coefficient (Wildman–Crippen LogP) is 1.36. The SMILES string of the molecule is CC(C)C(N)C(=O)N(C)C1CCSC1.Cl. The van der Waals surface area contributed by atoms with E-state index in [1.165, 1.54) is 5.75 Å². The van der Waals surface area contributed by atoms with E-state index in [0.29, 0.717) is 6.04 Å². The third-order valence-corrected chi connectivity index (χ3v) is 3.95. The summed E-state index contributed by atoms with van der Waals surface area (Å²) in [5.74, 6) is 2.54. The van der Waals surface area contributed by atoms with E-state index in [2.05, 4.69) is 0 Å². The van der Waals surface area contributed by atoms with Crippen LogP contribution in [0.2, 0.25) is 0 Å². The number of hydrogen-bond donors (Lipinski definition) is 1. The van der Waals surface area contributed by atoms with E-state index >= 15 is 0 Å². The van der Waals surface area contributed by atoms with Crippen molar-refractivity contribution in [2.24, 2.45) is 11.7 Å². The Hall–Kier alpha value is 0.0700. The highest BCUT2D eigenvalue weighted by Crippen LogP contribution is 2.22. The highest BCUT2D eigenvalue weighted by Gasteiger charge is 2.28. The molecule has 5 heteroatoms. The Labute approximate surface area is 103 Å². The molecule has 1 aliphatic rings. The van der Waals surface area contributed by atoms with Crippen LogP contribution in [0, 0.1) is 5.92 Å². The van der Waals surface area contributed by atoms with Gasteiger partial charge in [-0.2, -0.15) is 11.8 Å². The Kier molecular flexibility index (Phi) is 6.64. The Morgan fingerprint density at radius 3 is 2.53 bits per heavy atom. The minimum Gasteiger partial charge on any atom is -0.341 e. The fourth-order valence-corrected chi connectivity index (χ4v) is 2.80. The minimum atomic E-state index is -0.342. The molecular formula is C10H21ClN2OS. The quantitative estimate of drug-likeness (QED) is 0.825. The topological polar surface area (TPSA) is 46.3 Å². The van der Waals surface area contributed by atoms with Gasteiger partial charge in [0, 0.05) is 18.8 Å². The minimum absolute atomic E-state index is 0. The van der Waals surface area contributed by atoms with E-state index < -0.39 is 0 Å². The van der Waals surface area contributed by atoms with Crippen molar-refractivity contribution in [3.8, 4) is 0 Å². The smallest absolute Gasteiger partial charge is 0.239 e. The van der Waals surface area contributed by atoms with Crippen LogP contribution in [0.5, 0.6) is 0 Å². The molecule has 1 saturated heterocycles. The molecule has 1 fully saturated rings. The molecular weight excluding hydrogens is 232 g/mol. The van der Waals surface area contributed by atoms with Gasteiger partial charge in [0.2, 0.25) is 5.91 Å². The van der Waals surface area contributed by atoms with Crippen LogP contribution in [0.1, 0.15) is 20.3 Å². The van der Waals surface area contributed by atoms with Crippen molar-refractivity contribution in [2.45, 2.75) is 32.4 Å². The van der Waals surface area contributed by atoms with Crippen molar-refractivity contribution in [2.75, 3.05) is 18.6 Å². The molecule has 2 N–H and O–H groups in total. The number of likely N-dealkylation sites (N-methyl/N-ethyl adjacent to an activating group) is 1. The second-order valence-electron chi connectivity index (χ2n) is 4.24. The molecule has 0 aromatic carbocycles. The average Bonchev–Trinajstić information content (AvgIpc) is 2.67. The number of carbonyl (C=O) groups is 1. The van der Waals surface area contributed by atoms with Crippen molar-refractivity contribution in [1.82, 2.24) is 4.90 Å². The molecule has 90 valence electrons. The number of nitrogens with two attached hydrogens (primary N) is 1. The molecule has 1 aliphatic heterocycles. The van der Waals surface area contributed by atoms with Gasteiger partial charge in [0.05, 0.1) is 6.04 Å². The van der Waals surface area contributed by atoms with Gasteiger partial charge in [-0.3, -0.25) is 4.79 Å². The Morgan fingerprint density at radius 1 is 1.53 bits per heavy atom. The second-order valence-corrected chi connectivity index (χ2v) is 5.39. The lowest BCUT2D eigenvalue weighted by atomic mass is 10.0. The monoisotopic (exact) mass is 252 g/mol. The van der Waals surface area contributed by atoms with Crippen molar-refractivity contribution >= 4 is 30.1 Å². The number of carbonyl (C=O) groups excluding carboxylic acids is 1. The lowest BCUT2D eigenvalue weighted by Gasteiger charge is -2.28. The summed E-state index contributed by atoms with van der Waals surface area (Å²) in [5, 5.41) is 0. The highest BCUT2D eigenvalue weighted by atomic mass is 35.5. The first-order chi connectivity index (χ1) is 6.54. The van der Waals surface area contributed by atoms with Gasteiger partial charge in [0.15, 0.2) is 0 Å². The summed E-state index contributed by atoms with van der Waals surface area (Å²) in [6, 6.07) is 0.0582. The normalized spacial score (nSPS) is 22.3. The lowest BCUT2D eigenvalue weighted by Crippen LogP contribution is -2.48. The van der Waals surface area contributed by atoms with Crippen molar-refractivity contribution in [3.63, 3.8) is 0 Å². The van der Waals surface area contributed by atoms with Crippen LogP contribution < -0.4 is 5.73 Å². The van der Waals surface area contributed by atoms with E-state index in [0.717, 1.165) is 12.2 Å². The molecule has 3 nitrogen and oxygen atoms in total. The molecule has 0 saturated carbocycles. The Balaban J connectivity index is 0.00000196. The molecule has 0 radical (unpaired) electrons. The largest absolute Gasteiger partial charge is 0.341 e. The summed E-state index contributed by atoms with van der Waals surface area (Å²) in [6.07, 6.45) is 1.11. The molecule has 0 aromatic heterocycles. The van der Waals surface area contributed by atoms with Crippen molar-refractivity contribution in [3.05, 3.63) is 0 Å². The van der Waals surface area contributed by atoms with Gasteiger partial charge < -0.3 is 10.6 Å². The van der Waals surface area contributed by atoms with Gasteiger partial charge in [-0.05, 0) is 18.1 Å². The van der Waals surface area contributed by atoms with Crippen LogP contribution in [0.3, 0.4) is 0 Å². The standard InChI is InChI=1S/C10H20N2OS.ClH/c1-7(2)9(11)10(13)12(3)8-4-5-14-6-8;/h7-9H,4-6,11H2,1-3H3;1H. The summed E-state index contributed by atoms with van der Waals surface area (Å²) in [5.41, 5.74) is 5.83. The number of rotatable bonds is 3. The molecule has 2 atom stereocenters. The molecule has 0 aromatic rings. The van der Waals surface area contributed by atoms with Crippen LogP contribution in [0.4, 0.5) is 0 Å². The summed E-state index contributed by atoms with van der Waals surface area (Å²) in [7, 11) is 1.88. The number of nitrogens with zero attached hydrogens (tertiary/aromatic N) is 1. The van der Waals surface area contributed by atoms with Gasteiger partial charge in [-0.25, -0.2) is 0 Å². The number of amides is 1. The molecule has 1 amide bonds. The van der Waals surface area contributed by atoms with Crippen molar-refractivity contribution < 1.29 is 4.79 Å². The zero-order chi connectivity index (χ0) is 10.7. The first-order valence-electron chi connectivity index (χ1n) is 5.14. The zero-order valence-electron chi connectivity index (χ0n) is 9.60. The summed E-state index contributed by atoms with van der Waals surface area (Å²) in [4.78, 5) is 13.7. The lowest BCUT2D eigenvalue weighted by molar-refractivity contribution is -0.133. The third kappa shape index (κ3) is 3.85. The maximum atomic E-state index is 11.9. The molecule has 1 rings (SSSR count). The maximum absolute atomic E-state index is 11.9.